The molecule has 3 rings (SSSR count). The second-order valence-corrected chi connectivity index (χ2v) is 5.20. The van der Waals surface area contributed by atoms with Gasteiger partial charge in [0.2, 0.25) is 0 Å². The zero-order chi connectivity index (χ0) is 14.7. The molecule has 0 atom stereocenters. The van der Waals surface area contributed by atoms with Crippen LogP contribution in [0.4, 0.5) is 0 Å². The first-order valence-electron chi connectivity index (χ1n) is 6.69. The molecule has 0 unspecified atom stereocenters. The molecule has 2 N–H and O–H groups in total. The van der Waals surface area contributed by atoms with Crippen LogP contribution in [0.5, 0.6) is 0 Å². The van der Waals surface area contributed by atoms with E-state index in [4.69, 9.17) is 12.2 Å². The molecule has 1 heterocycles. The summed E-state index contributed by atoms with van der Waals surface area (Å²) in [6.07, 6.45) is 0.562. The fourth-order valence-electron chi connectivity index (χ4n) is 2.33. The minimum Gasteiger partial charge on any atom is -0.331 e. The molecule has 21 heavy (non-hydrogen) atoms. The summed E-state index contributed by atoms with van der Waals surface area (Å²) in [5.41, 5.74) is 3.39. The van der Waals surface area contributed by atoms with Crippen molar-refractivity contribution in [3.05, 3.63) is 86.9 Å². The molecule has 0 aliphatic rings. The average molecular weight is 294 g/mol. The molecule has 0 amide bonds. The van der Waals surface area contributed by atoms with E-state index in [1.165, 1.54) is 0 Å². The Kier molecular flexibility index (Phi) is 3.79. The molecule has 0 radical (unpaired) electrons. The normalized spacial score (nSPS) is 10.5. The van der Waals surface area contributed by atoms with Gasteiger partial charge in [-0.3, -0.25) is 9.78 Å². The first kappa shape index (κ1) is 13.5. The van der Waals surface area contributed by atoms with Gasteiger partial charge in [-0.15, -0.1) is 0 Å². The summed E-state index contributed by atoms with van der Waals surface area (Å²) in [5, 5.41) is 0. The van der Waals surface area contributed by atoms with Crippen LogP contribution in [0.3, 0.4) is 0 Å². The maximum absolute atomic E-state index is 12.3. The minimum atomic E-state index is -0.138. The van der Waals surface area contributed by atoms with Crippen molar-refractivity contribution in [3.8, 4) is 11.3 Å². The topological polar surface area (TPSA) is 48.6 Å². The summed E-state index contributed by atoms with van der Waals surface area (Å²) in [6.45, 7) is 0. The summed E-state index contributed by atoms with van der Waals surface area (Å²) < 4.78 is 0.343. The van der Waals surface area contributed by atoms with Crippen molar-refractivity contribution < 1.29 is 0 Å². The summed E-state index contributed by atoms with van der Waals surface area (Å²) in [5.74, 6) is 0. The molecule has 0 fully saturated rings. The lowest BCUT2D eigenvalue weighted by atomic mass is 10.0. The Hall–Kier alpha value is -2.46. The Morgan fingerprint density at radius 3 is 2.14 bits per heavy atom. The van der Waals surface area contributed by atoms with Gasteiger partial charge >= 0.3 is 0 Å². The predicted molar refractivity (Wildman–Crippen MR) is 86.9 cm³/mol. The minimum absolute atomic E-state index is 0.138. The van der Waals surface area contributed by atoms with Crippen molar-refractivity contribution >= 4 is 12.2 Å². The first-order chi connectivity index (χ1) is 10.2. The molecule has 0 saturated heterocycles. The highest BCUT2D eigenvalue weighted by atomic mass is 32.1. The van der Waals surface area contributed by atoms with Crippen LogP contribution in [0.15, 0.2) is 65.5 Å². The lowest BCUT2D eigenvalue weighted by molar-refractivity contribution is 1.01. The lowest BCUT2D eigenvalue weighted by Gasteiger charge is -2.09. The third-order valence-corrected chi connectivity index (χ3v) is 3.53. The molecular formula is C17H14N2OS. The van der Waals surface area contributed by atoms with Gasteiger partial charge in [-0.2, -0.15) is 0 Å². The van der Waals surface area contributed by atoms with E-state index in [1.54, 1.807) is 0 Å². The molecule has 0 aliphatic carbocycles. The molecule has 4 heteroatoms. The second-order valence-electron chi connectivity index (χ2n) is 4.79. The number of hydrogen-bond donors (Lipinski definition) is 2. The molecule has 0 aliphatic heterocycles. The highest BCUT2D eigenvalue weighted by Gasteiger charge is 2.11. The van der Waals surface area contributed by atoms with E-state index < -0.39 is 0 Å². The van der Waals surface area contributed by atoms with Crippen LogP contribution in [-0.4, -0.2) is 9.97 Å². The maximum atomic E-state index is 12.3. The maximum Gasteiger partial charge on any atom is 0.255 e. The highest BCUT2D eigenvalue weighted by Crippen LogP contribution is 2.20. The quantitative estimate of drug-likeness (QED) is 0.724. The first-order valence-corrected chi connectivity index (χ1v) is 7.09. The van der Waals surface area contributed by atoms with Gasteiger partial charge in [-0.05, 0) is 23.3 Å². The summed E-state index contributed by atoms with van der Waals surface area (Å²) in [4.78, 5) is 18.1. The number of benzene rings is 2. The van der Waals surface area contributed by atoms with E-state index in [0.29, 0.717) is 16.8 Å². The molecule has 3 aromatic rings. The van der Waals surface area contributed by atoms with Gasteiger partial charge in [0.1, 0.15) is 0 Å². The molecule has 0 saturated carbocycles. The summed E-state index contributed by atoms with van der Waals surface area (Å²) in [6, 6.07) is 19.7. The predicted octanol–water partition coefficient (Wildman–Crippen LogP) is 3.69. The van der Waals surface area contributed by atoms with Crippen molar-refractivity contribution in [2.75, 3.05) is 0 Å². The fraction of sp³-hybridized carbons (Fsp3) is 0.0588. The fourth-order valence-corrected chi connectivity index (χ4v) is 2.53. The zero-order valence-corrected chi connectivity index (χ0v) is 12.1. The van der Waals surface area contributed by atoms with Gasteiger partial charge in [0, 0.05) is 12.0 Å². The van der Waals surface area contributed by atoms with Crippen LogP contribution in [0.25, 0.3) is 11.3 Å². The molecular weight excluding hydrogens is 280 g/mol. The van der Waals surface area contributed by atoms with E-state index >= 15 is 0 Å². The average Bonchev–Trinajstić information content (AvgIpc) is 2.51. The zero-order valence-electron chi connectivity index (χ0n) is 11.3. The third kappa shape index (κ3) is 3.01. The molecule has 1 aromatic heterocycles. The summed E-state index contributed by atoms with van der Waals surface area (Å²) >= 11 is 5.10. The molecule has 0 spiro atoms. The van der Waals surface area contributed by atoms with Gasteiger partial charge in [-0.1, -0.05) is 60.7 Å². The number of aromatic amines is 2. The largest absolute Gasteiger partial charge is 0.331 e. The second kappa shape index (κ2) is 5.89. The van der Waals surface area contributed by atoms with Crippen LogP contribution in [-0.2, 0) is 6.42 Å². The standard InChI is InChI=1S/C17H14N2OS/c20-16-14(11-12-7-3-1-4-8-12)15(18-17(21)19-16)13-9-5-2-6-10-13/h1-10H,11H2,(H2,18,19,20,21). The van der Waals surface area contributed by atoms with Gasteiger partial charge < -0.3 is 4.98 Å². The van der Waals surface area contributed by atoms with Crippen molar-refractivity contribution in [1.29, 1.82) is 0 Å². The number of hydrogen-bond acceptors (Lipinski definition) is 2. The van der Waals surface area contributed by atoms with E-state index in [0.717, 1.165) is 16.8 Å². The molecule has 3 nitrogen and oxygen atoms in total. The van der Waals surface area contributed by atoms with Crippen molar-refractivity contribution in [3.63, 3.8) is 0 Å². The SMILES string of the molecule is O=c1[nH]c(=S)[nH]c(-c2ccccc2)c1Cc1ccccc1. The van der Waals surface area contributed by atoms with E-state index in [1.807, 2.05) is 60.7 Å². The smallest absolute Gasteiger partial charge is 0.255 e. The molecule has 0 bridgehead atoms. The lowest BCUT2D eigenvalue weighted by Crippen LogP contribution is -2.16. The van der Waals surface area contributed by atoms with Crippen LogP contribution in [0.2, 0.25) is 0 Å². The van der Waals surface area contributed by atoms with Gasteiger partial charge in [0.05, 0.1) is 5.69 Å². The van der Waals surface area contributed by atoms with Crippen LogP contribution in [0, 0.1) is 4.77 Å². The van der Waals surface area contributed by atoms with Gasteiger partial charge in [0.15, 0.2) is 4.77 Å². The van der Waals surface area contributed by atoms with Crippen molar-refractivity contribution in [1.82, 2.24) is 9.97 Å². The number of rotatable bonds is 3. The Labute approximate surface area is 127 Å². The Morgan fingerprint density at radius 1 is 0.857 bits per heavy atom. The van der Waals surface area contributed by atoms with Crippen molar-refractivity contribution in [2.45, 2.75) is 6.42 Å². The molecule has 104 valence electrons. The number of aromatic nitrogens is 2. The summed E-state index contributed by atoms with van der Waals surface area (Å²) in [7, 11) is 0. The Morgan fingerprint density at radius 2 is 1.48 bits per heavy atom. The highest BCUT2D eigenvalue weighted by molar-refractivity contribution is 7.71. The van der Waals surface area contributed by atoms with Gasteiger partial charge in [-0.25, -0.2) is 0 Å². The van der Waals surface area contributed by atoms with E-state index in [2.05, 4.69) is 9.97 Å². The van der Waals surface area contributed by atoms with Crippen LogP contribution in [0.1, 0.15) is 11.1 Å². The Balaban J connectivity index is 2.16. The monoisotopic (exact) mass is 294 g/mol. The van der Waals surface area contributed by atoms with Crippen LogP contribution >= 0.6 is 12.2 Å². The van der Waals surface area contributed by atoms with E-state index in [-0.39, 0.29) is 5.56 Å². The van der Waals surface area contributed by atoms with Crippen molar-refractivity contribution in [2.24, 2.45) is 0 Å². The molecule has 2 aromatic carbocycles. The van der Waals surface area contributed by atoms with E-state index in [9.17, 15) is 4.79 Å². The number of nitrogens with one attached hydrogen (secondary N) is 2. The number of H-pyrrole nitrogens is 2. The third-order valence-electron chi connectivity index (χ3n) is 3.33. The van der Waals surface area contributed by atoms with Gasteiger partial charge in [0.25, 0.3) is 5.56 Å². The Bertz CT molecular complexity index is 851. The van der Waals surface area contributed by atoms with Crippen LogP contribution < -0.4 is 5.56 Å².